The zero-order valence-electron chi connectivity index (χ0n) is 31.3. The van der Waals surface area contributed by atoms with Crippen molar-refractivity contribution < 1.29 is 0 Å². The third-order valence-corrected chi connectivity index (χ3v) is 11.0. The van der Waals surface area contributed by atoms with Gasteiger partial charge in [-0.2, -0.15) is 0 Å². The van der Waals surface area contributed by atoms with Crippen LogP contribution in [0.15, 0.2) is 200 Å². The first-order chi connectivity index (χ1) is 28.7. The number of rotatable bonds is 6. The lowest BCUT2D eigenvalue weighted by molar-refractivity contribution is 1.07. The Morgan fingerprint density at radius 3 is 1.33 bits per heavy atom. The summed E-state index contributed by atoms with van der Waals surface area (Å²) in [7, 11) is 0. The Bertz CT molecular complexity index is 3250. The van der Waals surface area contributed by atoms with Crippen molar-refractivity contribution in [3.8, 4) is 67.5 Å². The summed E-state index contributed by atoms with van der Waals surface area (Å²) in [6.07, 6.45) is 1.85. The summed E-state index contributed by atoms with van der Waals surface area (Å²) >= 11 is 0. The quantitative estimate of drug-likeness (QED) is 0.125. The van der Waals surface area contributed by atoms with Gasteiger partial charge in [-0.3, -0.25) is 4.98 Å². The number of aromatic nitrogens is 5. The minimum Gasteiger partial charge on any atom is -0.254 e. The Balaban J connectivity index is 0.946. The molecule has 58 heavy (non-hydrogen) atoms. The number of pyridine rings is 2. The van der Waals surface area contributed by atoms with Crippen molar-refractivity contribution in [1.82, 2.24) is 24.9 Å². The number of hydrogen-bond donors (Lipinski definition) is 0. The van der Waals surface area contributed by atoms with E-state index in [1.807, 2.05) is 79.0 Å². The van der Waals surface area contributed by atoms with Gasteiger partial charge >= 0.3 is 0 Å². The molecule has 0 bridgehead atoms. The smallest absolute Gasteiger partial charge is 0.164 e. The van der Waals surface area contributed by atoms with E-state index in [-0.39, 0.29) is 0 Å². The van der Waals surface area contributed by atoms with E-state index in [9.17, 15) is 0 Å². The van der Waals surface area contributed by atoms with Gasteiger partial charge in [-0.15, -0.1) is 0 Å². The van der Waals surface area contributed by atoms with Crippen LogP contribution in [0.4, 0.5) is 0 Å². The zero-order chi connectivity index (χ0) is 38.4. The van der Waals surface area contributed by atoms with E-state index in [2.05, 4.69) is 121 Å². The van der Waals surface area contributed by atoms with Crippen LogP contribution in [0, 0.1) is 0 Å². The number of hydrogen-bond acceptors (Lipinski definition) is 5. The van der Waals surface area contributed by atoms with Gasteiger partial charge in [-0.1, -0.05) is 170 Å². The largest absolute Gasteiger partial charge is 0.254 e. The Labute approximate surface area is 335 Å². The van der Waals surface area contributed by atoms with Gasteiger partial charge in [0, 0.05) is 39.0 Å². The predicted octanol–water partition coefficient (Wildman–Crippen LogP) is 13.3. The molecule has 0 saturated carbocycles. The topological polar surface area (TPSA) is 64.5 Å². The van der Waals surface area contributed by atoms with Crippen LogP contribution in [0.25, 0.3) is 111 Å². The molecule has 0 atom stereocenters. The highest BCUT2D eigenvalue weighted by Crippen LogP contribution is 2.39. The van der Waals surface area contributed by atoms with E-state index >= 15 is 0 Å². The van der Waals surface area contributed by atoms with E-state index in [0.29, 0.717) is 17.5 Å². The molecule has 11 aromatic rings. The maximum Gasteiger partial charge on any atom is 0.164 e. The van der Waals surface area contributed by atoms with Gasteiger partial charge in [0.05, 0.1) is 16.6 Å². The normalized spacial score (nSPS) is 11.4. The average Bonchev–Trinajstić information content (AvgIpc) is 3.31. The lowest BCUT2D eigenvalue weighted by atomic mass is 9.90. The van der Waals surface area contributed by atoms with Crippen molar-refractivity contribution in [2.45, 2.75) is 0 Å². The molecule has 0 aliphatic rings. The minimum atomic E-state index is 0.640. The summed E-state index contributed by atoms with van der Waals surface area (Å²) in [6, 6.07) is 67.7. The predicted molar refractivity (Wildman–Crippen MR) is 238 cm³/mol. The Morgan fingerprint density at radius 1 is 0.276 bits per heavy atom. The van der Waals surface area contributed by atoms with Gasteiger partial charge < -0.3 is 0 Å². The van der Waals surface area contributed by atoms with E-state index in [1.165, 1.54) is 21.9 Å². The Hall–Kier alpha value is -7.89. The highest BCUT2D eigenvalue weighted by atomic mass is 15.0. The third kappa shape index (κ3) is 5.94. The van der Waals surface area contributed by atoms with Crippen LogP contribution >= 0.6 is 0 Å². The molecule has 5 nitrogen and oxygen atoms in total. The number of fused-ring (bicyclic) bond motifs is 5. The molecule has 0 radical (unpaired) electrons. The molecule has 0 saturated heterocycles. The summed E-state index contributed by atoms with van der Waals surface area (Å²) in [5.74, 6) is 1.94. The van der Waals surface area contributed by atoms with E-state index < -0.39 is 0 Å². The molecular formula is C53H33N5. The summed E-state index contributed by atoms with van der Waals surface area (Å²) < 4.78 is 0. The third-order valence-electron chi connectivity index (χ3n) is 11.0. The molecule has 0 aliphatic heterocycles. The van der Waals surface area contributed by atoms with Crippen molar-refractivity contribution in [3.63, 3.8) is 0 Å². The van der Waals surface area contributed by atoms with Crippen LogP contribution in [0.3, 0.4) is 0 Å². The van der Waals surface area contributed by atoms with Gasteiger partial charge in [-0.05, 0) is 68.4 Å². The number of para-hydroxylation sites is 1. The molecule has 3 aromatic heterocycles. The molecule has 8 aromatic carbocycles. The maximum absolute atomic E-state index is 5.03. The molecule has 0 aliphatic carbocycles. The Kier molecular flexibility index (Phi) is 8.07. The van der Waals surface area contributed by atoms with E-state index in [4.69, 9.17) is 24.9 Å². The molecule has 11 rings (SSSR count). The standard InChI is InChI=1S/C53H33N5/c1-3-12-37(13-4-1)51-56-52(38-14-5-2-6-15-38)58-53(57-51)39-27-25-35(26-28-39)43-30-29-42(44-17-8-9-18-45(43)44)34-21-23-36(24-22-34)47-33-41-32-40-16-7-10-20-48(40)55-49(41)50-46(47)19-11-31-54-50/h1-33H. The fourth-order valence-corrected chi connectivity index (χ4v) is 8.08. The fraction of sp³-hybridized carbons (Fsp3) is 0. The van der Waals surface area contributed by atoms with Crippen molar-refractivity contribution in [2.24, 2.45) is 0 Å². The second-order valence-electron chi connectivity index (χ2n) is 14.5. The highest BCUT2D eigenvalue weighted by Gasteiger charge is 2.16. The van der Waals surface area contributed by atoms with Crippen molar-refractivity contribution in [2.75, 3.05) is 0 Å². The van der Waals surface area contributed by atoms with Gasteiger partial charge in [0.25, 0.3) is 0 Å². The van der Waals surface area contributed by atoms with Crippen LogP contribution in [-0.4, -0.2) is 24.9 Å². The van der Waals surface area contributed by atoms with Crippen molar-refractivity contribution in [1.29, 1.82) is 0 Å². The van der Waals surface area contributed by atoms with Crippen molar-refractivity contribution >= 4 is 43.5 Å². The molecule has 3 heterocycles. The zero-order valence-corrected chi connectivity index (χ0v) is 31.3. The van der Waals surface area contributed by atoms with E-state index in [1.54, 1.807) is 0 Å². The van der Waals surface area contributed by atoms with Crippen LogP contribution in [0.2, 0.25) is 0 Å². The molecule has 270 valence electrons. The van der Waals surface area contributed by atoms with Crippen LogP contribution < -0.4 is 0 Å². The highest BCUT2D eigenvalue weighted by molar-refractivity contribution is 6.12. The first kappa shape index (κ1) is 33.4. The first-order valence-electron chi connectivity index (χ1n) is 19.4. The lowest BCUT2D eigenvalue weighted by Crippen LogP contribution is -2.00. The molecule has 0 amide bonds. The van der Waals surface area contributed by atoms with Gasteiger partial charge in [0.1, 0.15) is 0 Å². The first-order valence-corrected chi connectivity index (χ1v) is 19.4. The molecule has 0 spiro atoms. The maximum atomic E-state index is 5.03. The van der Waals surface area contributed by atoms with Crippen LogP contribution in [-0.2, 0) is 0 Å². The molecule has 0 fully saturated rings. The number of benzene rings is 8. The molecule has 5 heteroatoms. The van der Waals surface area contributed by atoms with Crippen molar-refractivity contribution in [3.05, 3.63) is 200 Å². The molecular weight excluding hydrogens is 707 g/mol. The molecule has 0 N–H and O–H groups in total. The van der Waals surface area contributed by atoms with Crippen LogP contribution in [0.1, 0.15) is 0 Å². The van der Waals surface area contributed by atoms with Gasteiger partial charge in [-0.25, -0.2) is 19.9 Å². The van der Waals surface area contributed by atoms with E-state index in [0.717, 1.165) is 71.7 Å². The minimum absolute atomic E-state index is 0.640. The summed E-state index contributed by atoms with van der Waals surface area (Å²) in [5, 5.41) is 5.69. The van der Waals surface area contributed by atoms with Gasteiger partial charge in [0.15, 0.2) is 17.5 Å². The monoisotopic (exact) mass is 739 g/mol. The summed E-state index contributed by atoms with van der Waals surface area (Å²) in [4.78, 5) is 24.6. The number of nitrogens with zero attached hydrogens (tertiary/aromatic N) is 5. The fourth-order valence-electron chi connectivity index (χ4n) is 8.08. The molecule has 0 unspecified atom stereocenters. The SMILES string of the molecule is c1ccc(-c2nc(-c3ccccc3)nc(-c3ccc(-c4ccc(-c5ccc(-c6cc7cc8ccccc8nc7c7ncccc67)cc5)c5ccccc45)cc3)n2)cc1. The Morgan fingerprint density at radius 2 is 0.741 bits per heavy atom. The lowest BCUT2D eigenvalue weighted by Gasteiger charge is -2.14. The van der Waals surface area contributed by atoms with Gasteiger partial charge in [0.2, 0.25) is 0 Å². The average molecular weight is 740 g/mol. The van der Waals surface area contributed by atoms with Crippen LogP contribution in [0.5, 0.6) is 0 Å². The summed E-state index contributed by atoms with van der Waals surface area (Å²) in [5.41, 5.74) is 12.6. The summed E-state index contributed by atoms with van der Waals surface area (Å²) in [6.45, 7) is 0. The second kappa shape index (κ2) is 14.0. The second-order valence-corrected chi connectivity index (χ2v) is 14.5.